The maximum absolute atomic E-state index is 12.5. The number of carbonyl (C=O) groups is 1. The van der Waals surface area contributed by atoms with Crippen molar-refractivity contribution in [3.63, 3.8) is 0 Å². The normalized spacial score (nSPS) is 11.0. The smallest absolute Gasteiger partial charge is 0.335 e. The molecule has 0 bridgehead atoms. The molecular formula is C15H15NO5S. The fraction of sp³-hybridized carbons (Fsp3) is 0.133. The van der Waals surface area contributed by atoms with E-state index >= 15 is 0 Å². The van der Waals surface area contributed by atoms with Crippen molar-refractivity contribution in [2.24, 2.45) is 0 Å². The molecular weight excluding hydrogens is 306 g/mol. The number of benzene rings is 2. The van der Waals surface area contributed by atoms with E-state index in [4.69, 9.17) is 9.84 Å². The van der Waals surface area contributed by atoms with E-state index in [0.29, 0.717) is 11.4 Å². The van der Waals surface area contributed by atoms with E-state index in [0.717, 1.165) is 4.31 Å². The Morgan fingerprint density at radius 2 is 1.59 bits per heavy atom. The molecule has 1 N–H and O–H groups in total. The van der Waals surface area contributed by atoms with Gasteiger partial charge in [-0.05, 0) is 48.5 Å². The molecule has 0 aromatic heterocycles. The van der Waals surface area contributed by atoms with Gasteiger partial charge in [0.25, 0.3) is 10.0 Å². The molecule has 2 aromatic rings. The molecule has 2 aromatic carbocycles. The quantitative estimate of drug-likeness (QED) is 0.913. The lowest BCUT2D eigenvalue weighted by molar-refractivity contribution is 0.0697. The predicted molar refractivity (Wildman–Crippen MR) is 82.0 cm³/mol. The largest absolute Gasteiger partial charge is 0.497 e. The molecule has 0 spiro atoms. The van der Waals surface area contributed by atoms with E-state index < -0.39 is 16.0 Å². The molecule has 22 heavy (non-hydrogen) atoms. The first-order valence-corrected chi connectivity index (χ1v) is 7.76. The van der Waals surface area contributed by atoms with Crippen molar-refractivity contribution < 1.29 is 23.1 Å². The molecule has 116 valence electrons. The zero-order chi connectivity index (χ0) is 16.3. The Morgan fingerprint density at radius 1 is 1.05 bits per heavy atom. The van der Waals surface area contributed by atoms with E-state index in [1.165, 1.54) is 50.6 Å². The monoisotopic (exact) mass is 321 g/mol. The minimum Gasteiger partial charge on any atom is -0.497 e. The lowest BCUT2D eigenvalue weighted by Crippen LogP contribution is -2.26. The Bertz CT molecular complexity index is 767. The molecule has 0 aliphatic heterocycles. The number of hydrogen-bond acceptors (Lipinski definition) is 4. The van der Waals surface area contributed by atoms with Crippen LogP contribution in [-0.2, 0) is 10.0 Å². The third-order valence-electron chi connectivity index (χ3n) is 3.20. The minimum atomic E-state index is -3.72. The van der Waals surface area contributed by atoms with Crippen molar-refractivity contribution >= 4 is 21.7 Å². The van der Waals surface area contributed by atoms with Crippen LogP contribution in [0.3, 0.4) is 0 Å². The molecule has 0 heterocycles. The van der Waals surface area contributed by atoms with Crippen molar-refractivity contribution in [2.45, 2.75) is 4.90 Å². The number of methoxy groups -OCH3 is 1. The van der Waals surface area contributed by atoms with Crippen LogP contribution in [0.4, 0.5) is 5.69 Å². The van der Waals surface area contributed by atoms with E-state index in [-0.39, 0.29) is 10.5 Å². The van der Waals surface area contributed by atoms with Crippen LogP contribution in [0.5, 0.6) is 5.75 Å². The van der Waals surface area contributed by atoms with E-state index in [1.54, 1.807) is 12.1 Å². The number of rotatable bonds is 5. The number of anilines is 1. The second kappa shape index (κ2) is 6.07. The standard InChI is InChI=1S/C15H15NO5S/c1-16(12-5-3-11(4-6-12)15(17)18)22(19,20)14-9-7-13(21-2)8-10-14/h3-10H,1-2H3,(H,17,18). The van der Waals surface area contributed by atoms with E-state index in [1.807, 2.05) is 0 Å². The SMILES string of the molecule is COc1ccc(S(=O)(=O)N(C)c2ccc(C(=O)O)cc2)cc1. The van der Waals surface area contributed by atoms with Crippen LogP contribution in [0, 0.1) is 0 Å². The summed E-state index contributed by atoms with van der Waals surface area (Å²) in [4.78, 5) is 10.9. The first kappa shape index (κ1) is 15.8. The van der Waals surface area contributed by atoms with Crippen molar-refractivity contribution in [1.82, 2.24) is 0 Å². The van der Waals surface area contributed by atoms with Gasteiger partial charge < -0.3 is 9.84 Å². The molecule has 0 saturated carbocycles. The van der Waals surface area contributed by atoms with Crippen LogP contribution in [0.1, 0.15) is 10.4 Å². The third-order valence-corrected chi connectivity index (χ3v) is 5.00. The zero-order valence-electron chi connectivity index (χ0n) is 12.1. The average molecular weight is 321 g/mol. The molecule has 0 atom stereocenters. The number of carboxylic acids is 1. The predicted octanol–water partition coefficient (Wildman–Crippen LogP) is 2.22. The van der Waals surface area contributed by atoms with Crippen LogP contribution in [0.25, 0.3) is 0 Å². The summed E-state index contributed by atoms with van der Waals surface area (Å²) in [6, 6.07) is 11.7. The van der Waals surface area contributed by atoms with Gasteiger partial charge in [-0.2, -0.15) is 0 Å². The van der Waals surface area contributed by atoms with Crippen molar-refractivity contribution in [3.05, 3.63) is 54.1 Å². The Morgan fingerprint density at radius 3 is 2.05 bits per heavy atom. The van der Waals surface area contributed by atoms with Crippen LogP contribution in [0.15, 0.2) is 53.4 Å². The molecule has 0 saturated heterocycles. The van der Waals surface area contributed by atoms with Gasteiger partial charge in [0.2, 0.25) is 0 Å². The topological polar surface area (TPSA) is 83.9 Å². The molecule has 2 rings (SSSR count). The van der Waals surface area contributed by atoms with Gasteiger partial charge in [-0.25, -0.2) is 13.2 Å². The van der Waals surface area contributed by atoms with Gasteiger partial charge in [0.15, 0.2) is 0 Å². The number of carboxylic acid groups (broad SMARTS) is 1. The molecule has 0 unspecified atom stereocenters. The van der Waals surface area contributed by atoms with Crippen molar-refractivity contribution in [1.29, 1.82) is 0 Å². The van der Waals surface area contributed by atoms with Crippen molar-refractivity contribution in [2.75, 3.05) is 18.5 Å². The summed E-state index contributed by atoms with van der Waals surface area (Å²) in [5.41, 5.74) is 0.472. The van der Waals surface area contributed by atoms with Gasteiger partial charge in [-0.3, -0.25) is 4.31 Å². The second-order valence-corrected chi connectivity index (χ2v) is 6.47. The summed E-state index contributed by atoms with van der Waals surface area (Å²) in [6.45, 7) is 0. The van der Waals surface area contributed by atoms with Crippen LogP contribution >= 0.6 is 0 Å². The Labute approximate surface area is 128 Å². The number of aromatic carboxylic acids is 1. The van der Waals surface area contributed by atoms with Crippen molar-refractivity contribution in [3.8, 4) is 5.75 Å². The van der Waals surface area contributed by atoms with Gasteiger partial charge in [0.05, 0.1) is 23.3 Å². The molecule has 6 nitrogen and oxygen atoms in total. The lowest BCUT2D eigenvalue weighted by atomic mass is 10.2. The van der Waals surface area contributed by atoms with Crippen LogP contribution < -0.4 is 9.04 Å². The van der Waals surface area contributed by atoms with Crippen LogP contribution in [0.2, 0.25) is 0 Å². The van der Waals surface area contributed by atoms with E-state index in [9.17, 15) is 13.2 Å². The highest BCUT2D eigenvalue weighted by atomic mass is 32.2. The maximum atomic E-state index is 12.5. The highest BCUT2D eigenvalue weighted by Crippen LogP contribution is 2.23. The first-order valence-electron chi connectivity index (χ1n) is 6.32. The lowest BCUT2D eigenvalue weighted by Gasteiger charge is -2.19. The zero-order valence-corrected chi connectivity index (χ0v) is 12.9. The number of hydrogen-bond donors (Lipinski definition) is 1. The molecule has 0 radical (unpaired) electrons. The molecule has 0 fully saturated rings. The number of nitrogens with zero attached hydrogens (tertiary/aromatic N) is 1. The van der Waals surface area contributed by atoms with Crippen LogP contribution in [-0.4, -0.2) is 33.7 Å². The highest BCUT2D eigenvalue weighted by Gasteiger charge is 2.21. The third kappa shape index (κ3) is 3.04. The molecule has 0 aliphatic carbocycles. The maximum Gasteiger partial charge on any atom is 0.335 e. The van der Waals surface area contributed by atoms with Gasteiger partial charge in [0.1, 0.15) is 5.75 Å². The Hall–Kier alpha value is -2.54. The Balaban J connectivity index is 2.33. The summed E-state index contributed by atoms with van der Waals surface area (Å²) in [5, 5.41) is 8.86. The fourth-order valence-electron chi connectivity index (χ4n) is 1.86. The fourth-order valence-corrected chi connectivity index (χ4v) is 3.05. The molecule has 7 heteroatoms. The summed E-state index contributed by atoms with van der Waals surface area (Å²) >= 11 is 0. The number of sulfonamides is 1. The van der Waals surface area contributed by atoms with Gasteiger partial charge in [-0.1, -0.05) is 0 Å². The highest BCUT2D eigenvalue weighted by molar-refractivity contribution is 7.92. The second-order valence-electron chi connectivity index (χ2n) is 4.50. The van der Waals surface area contributed by atoms with Gasteiger partial charge in [0, 0.05) is 7.05 Å². The summed E-state index contributed by atoms with van der Waals surface area (Å²) in [5.74, 6) is -0.500. The Kier molecular flexibility index (Phi) is 4.37. The van der Waals surface area contributed by atoms with Gasteiger partial charge >= 0.3 is 5.97 Å². The summed E-state index contributed by atoms with van der Waals surface area (Å²) < 4.78 is 31.1. The summed E-state index contributed by atoms with van der Waals surface area (Å²) in [6.07, 6.45) is 0. The molecule has 0 amide bonds. The first-order chi connectivity index (χ1) is 10.4. The molecule has 0 aliphatic rings. The number of ether oxygens (including phenoxy) is 1. The van der Waals surface area contributed by atoms with Gasteiger partial charge in [-0.15, -0.1) is 0 Å². The average Bonchev–Trinajstić information content (AvgIpc) is 2.54. The van der Waals surface area contributed by atoms with E-state index in [2.05, 4.69) is 0 Å². The minimum absolute atomic E-state index is 0.0963. The summed E-state index contributed by atoms with van der Waals surface area (Å²) in [7, 11) is -0.808.